The second-order valence-corrected chi connectivity index (χ2v) is 3.67. The molecule has 1 aromatic carbocycles. The molecule has 0 aliphatic rings. The van der Waals surface area contributed by atoms with Crippen LogP contribution in [0.15, 0.2) is 24.3 Å². The number of halogens is 1. The Morgan fingerprint density at radius 1 is 1.60 bits per heavy atom. The maximum atomic E-state index is 12.9. The smallest absolute Gasteiger partial charge is 0.253 e. The van der Waals surface area contributed by atoms with Crippen LogP contribution in [0, 0.1) is 5.82 Å². The topological polar surface area (TPSA) is 46.3 Å². The molecule has 1 atom stereocenters. The normalized spacial score (nSPS) is 12.3. The molecule has 0 aromatic heterocycles. The fourth-order valence-electron chi connectivity index (χ4n) is 1.36. The van der Waals surface area contributed by atoms with Crippen molar-refractivity contribution in [3.63, 3.8) is 0 Å². The molecule has 1 aromatic rings. The quantitative estimate of drug-likeness (QED) is 0.816. The van der Waals surface area contributed by atoms with E-state index >= 15 is 0 Å². The van der Waals surface area contributed by atoms with Crippen LogP contribution in [0.3, 0.4) is 0 Å². The Kier molecular flexibility index (Phi) is 3.80. The molecule has 0 heterocycles. The summed E-state index contributed by atoms with van der Waals surface area (Å²) >= 11 is 0. The fourth-order valence-corrected chi connectivity index (χ4v) is 1.36. The molecular weight excluding hydrogens is 195 g/mol. The summed E-state index contributed by atoms with van der Waals surface area (Å²) in [6, 6.07) is 5.54. The predicted octanol–water partition coefficient (Wildman–Crippen LogP) is 1.24. The minimum atomic E-state index is -0.407. The Bertz CT molecular complexity index is 352. The molecule has 2 N–H and O–H groups in total. The molecule has 0 saturated carbocycles. The molecule has 0 saturated heterocycles. The first kappa shape index (κ1) is 11.7. The van der Waals surface area contributed by atoms with Crippen LogP contribution in [0.2, 0.25) is 0 Å². The molecule has 0 aliphatic heterocycles. The largest absolute Gasteiger partial charge is 0.340 e. The van der Waals surface area contributed by atoms with Crippen molar-refractivity contribution in [3.05, 3.63) is 35.6 Å². The highest BCUT2D eigenvalue weighted by Crippen LogP contribution is 2.06. The molecule has 0 fully saturated rings. The standard InChI is InChI=1S/C11H15FN2O/c1-8(13)7-14(2)11(15)9-4-3-5-10(12)6-9/h3-6,8H,7,13H2,1-2H3. The van der Waals surface area contributed by atoms with Gasteiger partial charge >= 0.3 is 0 Å². The molecule has 0 radical (unpaired) electrons. The summed E-state index contributed by atoms with van der Waals surface area (Å²) in [6.45, 7) is 2.27. The minimum Gasteiger partial charge on any atom is -0.340 e. The summed E-state index contributed by atoms with van der Waals surface area (Å²) in [7, 11) is 1.65. The van der Waals surface area contributed by atoms with Gasteiger partial charge in [-0.05, 0) is 25.1 Å². The maximum absolute atomic E-state index is 12.9. The van der Waals surface area contributed by atoms with Gasteiger partial charge in [0.2, 0.25) is 0 Å². The van der Waals surface area contributed by atoms with E-state index in [4.69, 9.17) is 5.73 Å². The first-order valence-electron chi connectivity index (χ1n) is 4.77. The zero-order valence-corrected chi connectivity index (χ0v) is 8.90. The Morgan fingerprint density at radius 2 is 2.27 bits per heavy atom. The van der Waals surface area contributed by atoms with Crippen LogP contribution in [0.1, 0.15) is 17.3 Å². The maximum Gasteiger partial charge on any atom is 0.253 e. The van der Waals surface area contributed by atoms with Gasteiger partial charge in [0.15, 0.2) is 0 Å². The van der Waals surface area contributed by atoms with Crippen molar-refractivity contribution in [2.24, 2.45) is 5.73 Å². The highest BCUT2D eigenvalue weighted by atomic mass is 19.1. The molecule has 0 aliphatic carbocycles. The van der Waals surface area contributed by atoms with Crippen molar-refractivity contribution in [3.8, 4) is 0 Å². The summed E-state index contributed by atoms with van der Waals surface area (Å²) < 4.78 is 12.9. The van der Waals surface area contributed by atoms with E-state index < -0.39 is 5.82 Å². The zero-order valence-electron chi connectivity index (χ0n) is 8.90. The minimum absolute atomic E-state index is 0.0903. The van der Waals surface area contributed by atoms with Gasteiger partial charge in [-0.2, -0.15) is 0 Å². The average molecular weight is 210 g/mol. The van der Waals surface area contributed by atoms with E-state index in [9.17, 15) is 9.18 Å². The Labute approximate surface area is 88.7 Å². The zero-order chi connectivity index (χ0) is 11.4. The van der Waals surface area contributed by atoms with Crippen molar-refractivity contribution in [2.45, 2.75) is 13.0 Å². The van der Waals surface area contributed by atoms with Gasteiger partial charge in [-0.1, -0.05) is 6.07 Å². The van der Waals surface area contributed by atoms with Crippen molar-refractivity contribution >= 4 is 5.91 Å². The van der Waals surface area contributed by atoms with Crippen molar-refractivity contribution in [2.75, 3.05) is 13.6 Å². The number of likely N-dealkylation sites (N-methyl/N-ethyl adjacent to an activating group) is 1. The third-order valence-electron chi connectivity index (χ3n) is 1.98. The second kappa shape index (κ2) is 4.89. The molecule has 3 nitrogen and oxygen atoms in total. The molecule has 4 heteroatoms. The van der Waals surface area contributed by atoms with Gasteiger partial charge in [-0.15, -0.1) is 0 Å². The van der Waals surface area contributed by atoms with Gasteiger partial charge in [0.25, 0.3) is 5.91 Å². The highest BCUT2D eigenvalue weighted by molar-refractivity contribution is 5.94. The third kappa shape index (κ3) is 3.32. The van der Waals surface area contributed by atoms with Crippen LogP contribution in [-0.4, -0.2) is 30.4 Å². The molecule has 15 heavy (non-hydrogen) atoms. The predicted molar refractivity (Wildman–Crippen MR) is 57.0 cm³/mol. The Balaban J connectivity index is 2.76. The van der Waals surface area contributed by atoms with Crippen LogP contribution in [0.25, 0.3) is 0 Å². The molecule has 1 unspecified atom stereocenters. The Morgan fingerprint density at radius 3 is 2.80 bits per heavy atom. The van der Waals surface area contributed by atoms with E-state index in [1.165, 1.54) is 23.1 Å². The van der Waals surface area contributed by atoms with E-state index in [-0.39, 0.29) is 11.9 Å². The highest BCUT2D eigenvalue weighted by Gasteiger charge is 2.12. The van der Waals surface area contributed by atoms with E-state index in [1.54, 1.807) is 13.1 Å². The number of hydrogen-bond acceptors (Lipinski definition) is 2. The van der Waals surface area contributed by atoms with E-state index in [1.807, 2.05) is 6.92 Å². The number of benzene rings is 1. The van der Waals surface area contributed by atoms with Crippen molar-refractivity contribution in [1.29, 1.82) is 0 Å². The van der Waals surface area contributed by atoms with Gasteiger partial charge < -0.3 is 10.6 Å². The summed E-state index contributed by atoms with van der Waals surface area (Å²) in [5.74, 6) is -0.623. The van der Waals surface area contributed by atoms with Crippen LogP contribution >= 0.6 is 0 Å². The third-order valence-corrected chi connectivity index (χ3v) is 1.98. The molecular formula is C11H15FN2O. The first-order valence-corrected chi connectivity index (χ1v) is 4.77. The van der Waals surface area contributed by atoms with Crippen molar-refractivity contribution in [1.82, 2.24) is 4.90 Å². The van der Waals surface area contributed by atoms with Crippen molar-refractivity contribution < 1.29 is 9.18 Å². The lowest BCUT2D eigenvalue weighted by molar-refractivity contribution is 0.0788. The summed E-state index contributed by atoms with van der Waals surface area (Å²) in [5, 5.41) is 0. The van der Waals surface area contributed by atoms with Crippen LogP contribution in [0.5, 0.6) is 0 Å². The summed E-state index contributed by atoms with van der Waals surface area (Å²) in [4.78, 5) is 13.2. The monoisotopic (exact) mass is 210 g/mol. The number of carbonyl (C=O) groups excluding carboxylic acids is 1. The van der Waals surface area contributed by atoms with Crippen LogP contribution < -0.4 is 5.73 Å². The summed E-state index contributed by atoms with van der Waals surface area (Å²) in [6.07, 6.45) is 0. The SMILES string of the molecule is CC(N)CN(C)C(=O)c1cccc(F)c1. The van der Waals surface area contributed by atoms with E-state index in [0.717, 1.165) is 0 Å². The van der Waals surface area contributed by atoms with Gasteiger partial charge in [-0.25, -0.2) is 4.39 Å². The second-order valence-electron chi connectivity index (χ2n) is 3.67. The lowest BCUT2D eigenvalue weighted by Crippen LogP contribution is -2.36. The van der Waals surface area contributed by atoms with Gasteiger partial charge in [0.05, 0.1) is 0 Å². The van der Waals surface area contributed by atoms with Gasteiger partial charge in [0.1, 0.15) is 5.82 Å². The molecule has 1 rings (SSSR count). The molecule has 1 amide bonds. The molecule has 82 valence electrons. The number of amides is 1. The number of nitrogens with zero attached hydrogens (tertiary/aromatic N) is 1. The lowest BCUT2D eigenvalue weighted by atomic mass is 10.2. The van der Waals surface area contributed by atoms with Gasteiger partial charge in [-0.3, -0.25) is 4.79 Å². The molecule has 0 spiro atoms. The van der Waals surface area contributed by atoms with E-state index in [2.05, 4.69) is 0 Å². The van der Waals surface area contributed by atoms with Gasteiger partial charge in [0, 0.05) is 25.2 Å². The summed E-state index contributed by atoms with van der Waals surface area (Å²) in [5.41, 5.74) is 5.92. The fraction of sp³-hybridized carbons (Fsp3) is 0.364. The lowest BCUT2D eigenvalue weighted by Gasteiger charge is -2.19. The van der Waals surface area contributed by atoms with Crippen LogP contribution in [-0.2, 0) is 0 Å². The first-order chi connectivity index (χ1) is 7.00. The van der Waals surface area contributed by atoms with E-state index in [0.29, 0.717) is 12.1 Å². The van der Waals surface area contributed by atoms with Crippen LogP contribution in [0.4, 0.5) is 4.39 Å². The average Bonchev–Trinajstić information content (AvgIpc) is 2.15. The number of carbonyl (C=O) groups is 1. The Hall–Kier alpha value is -1.42. The number of hydrogen-bond donors (Lipinski definition) is 1. The molecule has 0 bridgehead atoms. The number of rotatable bonds is 3. The number of nitrogens with two attached hydrogens (primary N) is 1.